The van der Waals surface area contributed by atoms with Crippen LogP contribution < -0.4 is 4.74 Å². The maximum absolute atomic E-state index is 12.0. The molecule has 0 aliphatic heterocycles. The molecule has 0 saturated heterocycles. The number of rotatable bonds is 5. The number of halogens is 1. The lowest BCUT2D eigenvalue weighted by Gasteiger charge is -2.10. The highest BCUT2D eigenvalue weighted by Crippen LogP contribution is 2.32. The molecule has 2 rings (SSSR count). The van der Waals surface area contributed by atoms with Crippen LogP contribution in [0.5, 0.6) is 5.75 Å². The fourth-order valence-electron chi connectivity index (χ4n) is 1.76. The molecule has 21 heavy (non-hydrogen) atoms. The van der Waals surface area contributed by atoms with Gasteiger partial charge in [0.05, 0.1) is 13.7 Å². The van der Waals surface area contributed by atoms with Gasteiger partial charge in [0.1, 0.15) is 11.3 Å². The van der Waals surface area contributed by atoms with E-state index >= 15 is 0 Å². The molecule has 2 aromatic rings. The van der Waals surface area contributed by atoms with Crippen LogP contribution in [-0.4, -0.2) is 19.7 Å². The van der Waals surface area contributed by atoms with Crippen LogP contribution in [0.25, 0.3) is 0 Å². The summed E-state index contributed by atoms with van der Waals surface area (Å²) < 4.78 is 11.3. The number of esters is 1. The molecule has 2 aromatic carbocycles. The zero-order valence-corrected chi connectivity index (χ0v) is 14.2. The van der Waals surface area contributed by atoms with Gasteiger partial charge >= 0.3 is 5.97 Å². The minimum atomic E-state index is -0.368. The van der Waals surface area contributed by atoms with Crippen molar-refractivity contribution in [2.75, 3.05) is 13.7 Å². The van der Waals surface area contributed by atoms with Crippen LogP contribution in [0.4, 0.5) is 0 Å². The van der Waals surface area contributed by atoms with Gasteiger partial charge in [0, 0.05) is 14.3 Å². The van der Waals surface area contributed by atoms with Crippen molar-refractivity contribution < 1.29 is 14.3 Å². The summed E-state index contributed by atoms with van der Waals surface area (Å²) in [5, 5.41) is 0. The van der Waals surface area contributed by atoms with Crippen molar-refractivity contribution in [2.45, 2.75) is 16.7 Å². The van der Waals surface area contributed by atoms with Crippen LogP contribution in [0.15, 0.2) is 56.7 Å². The summed E-state index contributed by atoms with van der Waals surface area (Å²) in [5.74, 6) is 0.154. The summed E-state index contributed by atoms with van der Waals surface area (Å²) in [5.41, 5.74) is 0.446. The van der Waals surface area contributed by atoms with E-state index in [4.69, 9.17) is 9.47 Å². The van der Waals surface area contributed by atoms with Gasteiger partial charge in [-0.3, -0.25) is 0 Å². The van der Waals surface area contributed by atoms with Gasteiger partial charge in [-0.1, -0.05) is 27.7 Å². The number of carbonyl (C=O) groups excluding carboxylic acids is 1. The Balaban J connectivity index is 2.26. The maximum Gasteiger partial charge on any atom is 0.341 e. The second-order valence-electron chi connectivity index (χ2n) is 4.14. The van der Waals surface area contributed by atoms with Crippen LogP contribution in [0.1, 0.15) is 17.3 Å². The van der Waals surface area contributed by atoms with Gasteiger partial charge in [-0.25, -0.2) is 4.79 Å². The Kier molecular flexibility index (Phi) is 5.70. The average Bonchev–Trinajstić information content (AvgIpc) is 2.50. The topological polar surface area (TPSA) is 35.5 Å². The zero-order valence-electron chi connectivity index (χ0n) is 11.8. The molecule has 0 aliphatic carbocycles. The highest BCUT2D eigenvalue weighted by molar-refractivity contribution is 9.10. The van der Waals surface area contributed by atoms with Crippen LogP contribution in [-0.2, 0) is 4.74 Å². The van der Waals surface area contributed by atoms with Crippen molar-refractivity contribution in [1.82, 2.24) is 0 Å². The van der Waals surface area contributed by atoms with E-state index in [1.165, 1.54) is 0 Å². The molecule has 0 amide bonds. The first-order valence-electron chi connectivity index (χ1n) is 6.42. The molecular formula is C16H15BrO3S. The summed E-state index contributed by atoms with van der Waals surface area (Å²) in [4.78, 5) is 14.0. The van der Waals surface area contributed by atoms with Gasteiger partial charge in [-0.15, -0.1) is 0 Å². The Hall–Kier alpha value is -1.46. The van der Waals surface area contributed by atoms with Crippen molar-refractivity contribution in [3.63, 3.8) is 0 Å². The van der Waals surface area contributed by atoms with E-state index in [0.717, 1.165) is 14.3 Å². The molecule has 0 N–H and O–H groups in total. The van der Waals surface area contributed by atoms with Crippen LogP contribution in [0.3, 0.4) is 0 Å². The Morgan fingerprint density at radius 3 is 2.43 bits per heavy atom. The molecule has 0 spiro atoms. The molecule has 0 aromatic heterocycles. The third kappa shape index (κ3) is 4.25. The van der Waals surface area contributed by atoms with Crippen molar-refractivity contribution in [2.24, 2.45) is 0 Å². The smallest absolute Gasteiger partial charge is 0.341 e. The molecule has 3 nitrogen and oxygen atoms in total. The first-order chi connectivity index (χ1) is 10.1. The predicted octanol–water partition coefficient (Wildman–Crippen LogP) is 4.79. The highest BCUT2D eigenvalue weighted by Gasteiger charge is 2.14. The first kappa shape index (κ1) is 15.9. The van der Waals surface area contributed by atoms with E-state index in [1.54, 1.807) is 37.9 Å². The summed E-state index contributed by atoms with van der Waals surface area (Å²) in [7, 11) is 1.54. The molecular weight excluding hydrogens is 352 g/mol. The summed E-state index contributed by atoms with van der Waals surface area (Å²) >= 11 is 4.99. The van der Waals surface area contributed by atoms with Gasteiger partial charge in [-0.2, -0.15) is 0 Å². The van der Waals surface area contributed by atoms with Crippen LogP contribution >= 0.6 is 27.7 Å². The minimum Gasteiger partial charge on any atom is -0.496 e. The van der Waals surface area contributed by atoms with Crippen LogP contribution in [0.2, 0.25) is 0 Å². The Labute approximate surface area is 136 Å². The quantitative estimate of drug-likeness (QED) is 0.712. The van der Waals surface area contributed by atoms with Crippen molar-refractivity contribution >= 4 is 33.7 Å². The van der Waals surface area contributed by atoms with Crippen molar-refractivity contribution in [1.29, 1.82) is 0 Å². The number of methoxy groups -OCH3 is 1. The van der Waals surface area contributed by atoms with E-state index < -0.39 is 0 Å². The Morgan fingerprint density at radius 1 is 1.14 bits per heavy atom. The molecule has 0 radical (unpaired) electrons. The van der Waals surface area contributed by atoms with E-state index in [9.17, 15) is 4.79 Å². The predicted molar refractivity (Wildman–Crippen MR) is 87.2 cm³/mol. The molecule has 5 heteroatoms. The van der Waals surface area contributed by atoms with Gasteiger partial charge in [0.15, 0.2) is 0 Å². The number of hydrogen-bond acceptors (Lipinski definition) is 4. The van der Waals surface area contributed by atoms with Crippen LogP contribution in [0, 0.1) is 0 Å². The SMILES string of the molecule is CCOC(=O)c1cc(Sc2ccc(Br)cc2)ccc1OC. The Bertz CT molecular complexity index is 626. The summed E-state index contributed by atoms with van der Waals surface area (Å²) in [6.07, 6.45) is 0. The van der Waals surface area contributed by atoms with E-state index in [0.29, 0.717) is 17.9 Å². The third-order valence-corrected chi connectivity index (χ3v) is 4.24. The molecule has 0 saturated carbocycles. The van der Waals surface area contributed by atoms with Gasteiger partial charge in [0.2, 0.25) is 0 Å². The van der Waals surface area contributed by atoms with E-state index in [2.05, 4.69) is 15.9 Å². The largest absolute Gasteiger partial charge is 0.496 e. The maximum atomic E-state index is 12.0. The van der Waals surface area contributed by atoms with Gasteiger partial charge in [0.25, 0.3) is 0 Å². The average molecular weight is 367 g/mol. The number of benzene rings is 2. The lowest BCUT2D eigenvalue weighted by atomic mass is 10.2. The monoisotopic (exact) mass is 366 g/mol. The fraction of sp³-hybridized carbons (Fsp3) is 0.188. The van der Waals surface area contributed by atoms with E-state index in [-0.39, 0.29) is 5.97 Å². The lowest BCUT2D eigenvalue weighted by Crippen LogP contribution is -2.06. The lowest BCUT2D eigenvalue weighted by molar-refractivity contribution is 0.0522. The standard InChI is InChI=1S/C16H15BrO3S/c1-3-20-16(18)14-10-13(8-9-15(14)19-2)21-12-6-4-11(17)5-7-12/h4-10H,3H2,1-2H3. The third-order valence-electron chi connectivity index (χ3n) is 2.72. The first-order valence-corrected chi connectivity index (χ1v) is 8.03. The van der Waals surface area contributed by atoms with Crippen molar-refractivity contribution in [3.05, 3.63) is 52.5 Å². The second-order valence-corrected chi connectivity index (χ2v) is 6.20. The molecule has 0 heterocycles. The molecule has 110 valence electrons. The molecule has 0 unspecified atom stereocenters. The number of hydrogen-bond donors (Lipinski definition) is 0. The minimum absolute atomic E-state index is 0.339. The molecule has 0 fully saturated rings. The molecule has 0 aliphatic rings. The summed E-state index contributed by atoms with van der Waals surface area (Å²) in [6, 6.07) is 13.5. The molecule has 0 bridgehead atoms. The Morgan fingerprint density at radius 2 is 1.81 bits per heavy atom. The van der Waals surface area contributed by atoms with Gasteiger partial charge in [-0.05, 0) is 49.4 Å². The highest BCUT2D eigenvalue weighted by atomic mass is 79.9. The number of carbonyl (C=O) groups is 1. The van der Waals surface area contributed by atoms with Gasteiger partial charge < -0.3 is 9.47 Å². The fourth-order valence-corrected chi connectivity index (χ4v) is 2.88. The normalized spacial score (nSPS) is 10.2. The summed E-state index contributed by atoms with van der Waals surface area (Å²) in [6.45, 7) is 2.12. The van der Waals surface area contributed by atoms with Crippen molar-refractivity contribution in [3.8, 4) is 5.75 Å². The number of ether oxygens (including phenoxy) is 2. The zero-order chi connectivity index (χ0) is 15.2. The van der Waals surface area contributed by atoms with E-state index in [1.807, 2.05) is 30.3 Å². The second kappa shape index (κ2) is 7.52. The molecule has 0 atom stereocenters.